The summed E-state index contributed by atoms with van der Waals surface area (Å²) in [5.74, 6) is -0.266. The van der Waals surface area contributed by atoms with Gasteiger partial charge in [-0.3, -0.25) is 4.57 Å². The van der Waals surface area contributed by atoms with Gasteiger partial charge in [-0.05, 0) is 19.1 Å². The fourth-order valence-electron chi connectivity index (χ4n) is 2.36. The summed E-state index contributed by atoms with van der Waals surface area (Å²) in [4.78, 5) is 28.4. The average molecular weight is 302 g/mol. The fraction of sp³-hybridized carbons (Fsp3) is 0.267. The van der Waals surface area contributed by atoms with Crippen LogP contribution < -0.4 is 4.74 Å². The Morgan fingerprint density at radius 1 is 1.32 bits per heavy atom. The van der Waals surface area contributed by atoms with Crippen molar-refractivity contribution in [2.45, 2.75) is 13.5 Å². The van der Waals surface area contributed by atoms with Crippen LogP contribution >= 0.6 is 0 Å². The van der Waals surface area contributed by atoms with Crippen LogP contribution in [0.1, 0.15) is 33.7 Å². The van der Waals surface area contributed by atoms with Crippen molar-refractivity contribution >= 4 is 11.9 Å². The molecule has 2 aromatic rings. The van der Waals surface area contributed by atoms with E-state index in [1.807, 2.05) is 12.1 Å². The molecule has 1 aliphatic rings. The molecule has 114 valence electrons. The standard InChI is InChI=1S/C15H14N2O5/c1-3-21-15(19)13-12(14(18)20-2)16-11-8-22-10-7-5-4-6-9(10)17(11)13/h4-7H,3,8H2,1-2H3. The number of fused-ring (bicyclic) bond motifs is 3. The lowest BCUT2D eigenvalue weighted by molar-refractivity contribution is 0.0493. The van der Waals surface area contributed by atoms with E-state index in [9.17, 15) is 9.59 Å². The van der Waals surface area contributed by atoms with Gasteiger partial charge < -0.3 is 14.2 Å². The molecule has 1 aromatic carbocycles. The normalized spacial score (nSPS) is 11.9. The lowest BCUT2D eigenvalue weighted by Crippen LogP contribution is -2.19. The van der Waals surface area contributed by atoms with Crippen molar-refractivity contribution in [3.8, 4) is 11.4 Å². The monoisotopic (exact) mass is 302 g/mol. The molecule has 0 saturated heterocycles. The number of para-hydroxylation sites is 2. The Bertz CT molecular complexity index is 750. The first-order valence-electron chi connectivity index (χ1n) is 6.76. The van der Waals surface area contributed by atoms with Crippen LogP contribution in [0.2, 0.25) is 0 Å². The summed E-state index contributed by atoms with van der Waals surface area (Å²) in [5, 5.41) is 0. The molecule has 0 radical (unpaired) electrons. The topological polar surface area (TPSA) is 79.7 Å². The highest BCUT2D eigenvalue weighted by Gasteiger charge is 2.32. The molecule has 1 aromatic heterocycles. The zero-order valence-corrected chi connectivity index (χ0v) is 12.2. The van der Waals surface area contributed by atoms with Crippen molar-refractivity contribution in [2.24, 2.45) is 0 Å². The van der Waals surface area contributed by atoms with Gasteiger partial charge in [0.1, 0.15) is 12.4 Å². The van der Waals surface area contributed by atoms with Gasteiger partial charge in [0.2, 0.25) is 0 Å². The number of nitrogens with zero attached hydrogens (tertiary/aromatic N) is 2. The van der Waals surface area contributed by atoms with Crippen LogP contribution in [0.3, 0.4) is 0 Å². The number of hydrogen-bond acceptors (Lipinski definition) is 6. The molecule has 0 fully saturated rings. The van der Waals surface area contributed by atoms with Gasteiger partial charge in [-0.2, -0.15) is 0 Å². The smallest absolute Gasteiger partial charge is 0.359 e. The van der Waals surface area contributed by atoms with Crippen molar-refractivity contribution in [3.05, 3.63) is 41.5 Å². The number of hydrogen-bond donors (Lipinski definition) is 0. The summed E-state index contributed by atoms with van der Waals surface area (Å²) in [6, 6.07) is 7.20. The van der Waals surface area contributed by atoms with Crippen molar-refractivity contribution in [2.75, 3.05) is 13.7 Å². The molecule has 1 aliphatic heterocycles. The lowest BCUT2D eigenvalue weighted by atomic mass is 10.2. The quantitative estimate of drug-likeness (QED) is 0.803. The number of imidazole rings is 1. The summed E-state index contributed by atoms with van der Waals surface area (Å²) < 4.78 is 16.9. The Morgan fingerprint density at radius 3 is 2.82 bits per heavy atom. The van der Waals surface area contributed by atoms with Gasteiger partial charge in [-0.15, -0.1) is 0 Å². The number of aromatic nitrogens is 2. The van der Waals surface area contributed by atoms with Gasteiger partial charge in [-0.25, -0.2) is 14.6 Å². The zero-order valence-electron chi connectivity index (χ0n) is 12.2. The minimum Gasteiger partial charge on any atom is -0.483 e. The molecule has 0 aliphatic carbocycles. The Labute approximate surface area is 126 Å². The molecule has 2 heterocycles. The summed E-state index contributed by atoms with van der Waals surface area (Å²) in [5.41, 5.74) is 0.616. The highest BCUT2D eigenvalue weighted by molar-refractivity contribution is 6.01. The van der Waals surface area contributed by atoms with Crippen molar-refractivity contribution < 1.29 is 23.8 Å². The Morgan fingerprint density at radius 2 is 2.09 bits per heavy atom. The third kappa shape index (κ3) is 2.11. The lowest BCUT2D eigenvalue weighted by Gasteiger charge is -2.20. The molecule has 0 spiro atoms. The highest BCUT2D eigenvalue weighted by Crippen LogP contribution is 2.32. The Kier molecular flexibility index (Phi) is 3.54. The van der Waals surface area contributed by atoms with E-state index in [0.717, 1.165) is 0 Å². The number of esters is 2. The molecule has 0 amide bonds. The zero-order chi connectivity index (χ0) is 15.7. The van der Waals surface area contributed by atoms with E-state index in [2.05, 4.69) is 4.98 Å². The van der Waals surface area contributed by atoms with Crippen LogP contribution in [0.25, 0.3) is 5.69 Å². The van der Waals surface area contributed by atoms with Gasteiger partial charge in [0.05, 0.1) is 19.4 Å². The third-order valence-corrected chi connectivity index (χ3v) is 3.26. The predicted molar refractivity (Wildman–Crippen MR) is 75.2 cm³/mol. The first kappa shape index (κ1) is 14.1. The predicted octanol–water partition coefficient (Wildman–Crippen LogP) is 1.73. The molecule has 3 rings (SSSR count). The molecule has 7 heteroatoms. The number of carbonyl (C=O) groups is 2. The minimum atomic E-state index is -0.692. The first-order valence-corrected chi connectivity index (χ1v) is 6.76. The van der Waals surface area contributed by atoms with Crippen LogP contribution in [0.4, 0.5) is 0 Å². The van der Waals surface area contributed by atoms with Gasteiger partial charge in [0, 0.05) is 0 Å². The van der Waals surface area contributed by atoms with E-state index in [1.54, 1.807) is 23.6 Å². The maximum atomic E-state index is 12.3. The summed E-state index contributed by atoms with van der Waals surface area (Å²) in [6.07, 6.45) is 0. The molecular weight excluding hydrogens is 288 g/mol. The van der Waals surface area contributed by atoms with E-state index in [-0.39, 0.29) is 24.6 Å². The SMILES string of the molecule is CCOC(=O)c1c(C(=O)OC)nc2n1-c1ccccc1OC2. The van der Waals surface area contributed by atoms with Crippen LogP contribution in [0.15, 0.2) is 24.3 Å². The van der Waals surface area contributed by atoms with Gasteiger partial charge in [0.15, 0.2) is 17.2 Å². The van der Waals surface area contributed by atoms with E-state index in [4.69, 9.17) is 14.2 Å². The average Bonchev–Trinajstić information content (AvgIpc) is 2.94. The van der Waals surface area contributed by atoms with E-state index >= 15 is 0 Å². The van der Waals surface area contributed by atoms with Crippen molar-refractivity contribution in [1.82, 2.24) is 9.55 Å². The minimum absolute atomic E-state index is 0.0550. The highest BCUT2D eigenvalue weighted by atomic mass is 16.5. The molecule has 0 saturated carbocycles. The van der Waals surface area contributed by atoms with Gasteiger partial charge in [0.25, 0.3) is 0 Å². The number of methoxy groups -OCH3 is 1. The van der Waals surface area contributed by atoms with Crippen LogP contribution in [0.5, 0.6) is 5.75 Å². The molecule has 0 N–H and O–H groups in total. The molecule has 0 atom stereocenters. The van der Waals surface area contributed by atoms with Crippen molar-refractivity contribution in [1.29, 1.82) is 0 Å². The number of ether oxygens (including phenoxy) is 3. The van der Waals surface area contributed by atoms with E-state index in [1.165, 1.54) is 7.11 Å². The van der Waals surface area contributed by atoms with Crippen LogP contribution in [-0.2, 0) is 16.1 Å². The third-order valence-electron chi connectivity index (χ3n) is 3.26. The number of rotatable bonds is 3. The Hall–Kier alpha value is -2.83. The summed E-state index contributed by atoms with van der Waals surface area (Å²) >= 11 is 0. The fourth-order valence-corrected chi connectivity index (χ4v) is 2.36. The van der Waals surface area contributed by atoms with Gasteiger partial charge in [-0.1, -0.05) is 12.1 Å². The Balaban J connectivity index is 2.24. The van der Waals surface area contributed by atoms with Crippen LogP contribution in [0, 0.1) is 0 Å². The molecule has 7 nitrogen and oxygen atoms in total. The number of benzene rings is 1. The van der Waals surface area contributed by atoms with E-state index in [0.29, 0.717) is 17.3 Å². The van der Waals surface area contributed by atoms with Gasteiger partial charge >= 0.3 is 11.9 Å². The molecule has 0 unspecified atom stereocenters. The maximum absolute atomic E-state index is 12.3. The second-order valence-corrected chi connectivity index (χ2v) is 4.53. The molecular formula is C15H14N2O5. The van der Waals surface area contributed by atoms with E-state index < -0.39 is 11.9 Å². The second-order valence-electron chi connectivity index (χ2n) is 4.53. The maximum Gasteiger partial charge on any atom is 0.359 e. The first-order chi connectivity index (χ1) is 10.7. The summed E-state index contributed by atoms with van der Waals surface area (Å²) in [7, 11) is 1.24. The van der Waals surface area contributed by atoms with Crippen molar-refractivity contribution in [3.63, 3.8) is 0 Å². The molecule has 0 bridgehead atoms. The van der Waals surface area contributed by atoms with Crippen LogP contribution in [-0.4, -0.2) is 35.2 Å². The molecule has 22 heavy (non-hydrogen) atoms. The second kappa shape index (κ2) is 5.51. The largest absolute Gasteiger partial charge is 0.483 e. The summed E-state index contributed by atoms with van der Waals surface area (Å²) in [6.45, 7) is 2.04. The number of carbonyl (C=O) groups excluding carboxylic acids is 2.